The molecule has 0 aliphatic carbocycles. The maximum Gasteiger partial charge on any atom is 0.257 e. The van der Waals surface area contributed by atoms with Gasteiger partial charge in [0.2, 0.25) is 10.0 Å². The highest BCUT2D eigenvalue weighted by molar-refractivity contribution is 7.89. The summed E-state index contributed by atoms with van der Waals surface area (Å²) in [6, 6.07) is 11.4. The third kappa shape index (κ3) is 4.87. The largest absolute Gasteiger partial charge is 0.496 e. The van der Waals surface area contributed by atoms with Gasteiger partial charge in [0.15, 0.2) is 0 Å². The number of nitrogens with zero attached hydrogens (tertiary/aromatic N) is 1. The van der Waals surface area contributed by atoms with Gasteiger partial charge in [-0.25, -0.2) is 13.1 Å². The van der Waals surface area contributed by atoms with Crippen molar-refractivity contribution in [3.05, 3.63) is 53.6 Å². The van der Waals surface area contributed by atoms with Gasteiger partial charge in [-0.05, 0) is 24.3 Å². The fraction of sp³-hybridized carbons (Fsp3) is 0.350. The van der Waals surface area contributed by atoms with E-state index in [-0.39, 0.29) is 22.9 Å². The van der Waals surface area contributed by atoms with E-state index in [9.17, 15) is 13.2 Å². The topological polar surface area (TPSA) is 94.2 Å². The molecule has 1 N–H and O–H groups in total. The smallest absolute Gasteiger partial charge is 0.257 e. The predicted octanol–water partition coefficient (Wildman–Crippen LogP) is 1.65. The Balaban J connectivity index is 1.84. The van der Waals surface area contributed by atoms with E-state index in [0.717, 1.165) is 0 Å². The fourth-order valence-corrected chi connectivity index (χ4v) is 4.10. The van der Waals surface area contributed by atoms with Crippen LogP contribution in [-0.4, -0.2) is 59.7 Å². The molecule has 0 atom stereocenters. The zero-order valence-electron chi connectivity index (χ0n) is 16.4. The van der Waals surface area contributed by atoms with Crippen molar-refractivity contribution in [3.8, 4) is 11.5 Å². The molecular weight excluding hydrogens is 396 g/mol. The standard InChI is InChI=1S/C20H24N2O6S/c1-26-18-6-4-3-5-15(18)14-21-29(24,25)16-7-8-19(27-2)17(13-16)20(23)22-9-11-28-12-10-22/h3-8,13,21H,9-12,14H2,1-2H3. The molecule has 1 aliphatic heterocycles. The summed E-state index contributed by atoms with van der Waals surface area (Å²) in [5.74, 6) is 0.630. The zero-order valence-corrected chi connectivity index (χ0v) is 17.2. The minimum atomic E-state index is -3.85. The summed E-state index contributed by atoms with van der Waals surface area (Å²) in [5.41, 5.74) is 0.909. The lowest BCUT2D eigenvalue weighted by Gasteiger charge is -2.27. The van der Waals surface area contributed by atoms with Crippen molar-refractivity contribution in [3.63, 3.8) is 0 Å². The molecule has 0 saturated carbocycles. The second kappa shape index (κ2) is 9.25. The van der Waals surface area contributed by atoms with Crippen LogP contribution in [0.2, 0.25) is 0 Å². The van der Waals surface area contributed by atoms with Crippen LogP contribution in [0.1, 0.15) is 15.9 Å². The van der Waals surface area contributed by atoms with Gasteiger partial charge in [-0.1, -0.05) is 18.2 Å². The molecule has 2 aromatic carbocycles. The van der Waals surface area contributed by atoms with E-state index < -0.39 is 10.0 Å². The van der Waals surface area contributed by atoms with Crippen molar-refractivity contribution >= 4 is 15.9 Å². The van der Waals surface area contributed by atoms with Crippen molar-refractivity contribution in [2.24, 2.45) is 0 Å². The minimum Gasteiger partial charge on any atom is -0.496 e. The zero-order chi connectivity index (χ0) is 20.9. The van der Waals surface area contributed by atoms with Gasteiger partial charge < -0.3 is 19.1 Å². The van der Waals surface area contributed by atoms with Gasteiger partial charge in [-0.3, -0.25) is 4.79 Å². The van der Waals surface area contributed by atoms with Crippen LogP contribution < -0.4 is 14.2 Å². The lowest BCUT2D eigenvalue weighted by atomic mass is 10.1. The molecule has 29 heavy (non-hydrogen) atoms. The van der Waals surface area contributed by atoms with Gasteiger partial charge in [0.05, 0.1) is 37.9 Å². The fourth-order valence-electron chi connectivity index (χ4n) is 3.06. The Morgan fingerprint density at radius 3 is 2.45 bits per heavy atom. The Hall–Kier alpha value is -2.62. The van der Waals surface area contributed by atoms with Crippen molar-refractivity contribution < 1.29 is 27.4 Å². The molecule has 0 aromatic heterocycles. The molecule has 0 radical (unpaired) electrons. The van der Waals surface area contributed by atoms with Crippen LogP contribution in [0, 0.1) is 0 Å². The van der Waals surface area contributed by atoms with Crippen LogP contribution >= 0.6 is 0 Å². The number of rotatable bonds is 7. The summed E-state index contributed by atoms with van der Waals surface area (Å²) in [7, 11) is -0.880. The first kappa shape index (κ1) is 21.1. The summed E-state index contributed by atoms with van der Waals surface area (Å²) in [6.07, 6.45) is 0. The van der Waals surface area contributed by atoms with Crippen molar-refractivity contribution in [2.75, 3.05) is 40.5 Å². The van der Waals surface area contributed by atoms with Crippen LogP contribution in [0.4, 0.5) is 0 Å². The third-order valence-corrected chi connectivity index (χ3v) is 6.05. The normalized spacial score (nSPS) is 14.5. The summed E-state index contributed by atoms with van der Waals surface area (Å²) in [6.45, 7) is 1.86. The predicted molar refractivity (Wildman–Crippen MR) is 107 cm³/mol. The molecule has 1 heterocycles. The maximum atomic E-state index is 12.9. The van der Waals surface area contributed by atoms with Gasteiger partial charge >= 0.3 is 0 Å². The Morgan fingerprint density at radius 2 is 1.76 bits per heavy atom. The Bertz CT molecular complexity index is 971. The van der Waals surface area contributed by atoms with E-state index in [1.54, 1.807) is 23.1 Å². The number of benzene rings is 2. The molecule has 156 valence electrons. The van der Waals surface area contributed by atoms with Crippen molar-refractivity contribution in [1.29, 1.82) is 0 Å². The van der Waals surface area contributed by atoms with E-state index >= 15 is 0 Å². The monoisotopic (exact) mass is 420 g/mol. The number of hydrogen-bond donors (Lipinski definition) is 1. The molecular formula is C20H24N2O6S. The van der Waals surface area contributed by atoms with Crippen LogP contribution in [0.3, 0.4) is 0 Å². The van der Waals surface area contributed by atoms with Crippen LogP contribution in [0.5, 0.6) is 11.5 Å². The number of sulfonamides is 1. The molecule has 9 heteroatoms. The van der Waals surface area contributed by atoms with E-state index in [1.165, 1.54) is 32.4 Å². The number of carbonyl (C=O) groups excluding carboxylic acids is 1. The molecule has 0 spiro atoms. The number of methoxy groups -OCH3 is 2. The molecule has 1 amide bonds. The first-order valence-electron chi connectivity index (χ1n) is 9.13. The second-order valence-corrected chi connectivity index (χ2v) is 8.17. The lowest BCUT2D eigenvalue weighted by molar-refractivity contribution is 0.0300. The van der Waals surface area contributed by atoms with Crippen molar-refractivity contribution in [1.82, 2.24) is 9.62 Å². The molecule has 1 fully saturated rings. The van der Waals surface area contributed by atoms with Crippen LogP contribution in [0.25, 0.3) is 0 Å². The Morgan fingerprint density at radius 1 is 1.07 bits per heavy atom. The SMILES string of the molecule is COc1ccccc1CNS(=O)(=O)c1ccc(OC)c(C(=O)N2CCOCC2)c1. The number of ether oxygens (including phenoxy) is 3. The minimum absolute atomic E-state index is 0.00944. The Labute approximate surface area is 170 Å². The summed E-state index contributed by atoms with van der Waals surface area (Å²) in [5, 5.41) is 0. The average Bonchev–Trinajstić information content (AvgIpc) is 2.77. The second-order valence-electron chi connectivity index (χ2n) is 6.40. The van der Waals surface area contributed by atoms with Gasteiger partial charge in [-0.15, -0.1) is 0 Å². The van der Waals surface area contributed by atoms with Gasteiger partial charge in [0.1, 0.15) is 11.5 Å². The highest BCUT2D eigenvalue weighted by Gasteiger charge is 2.24. The molecule has 1 aliphatic rings. The first-order valence-corrected chi connectivity index (χ1v) is 10.6. The van der Waals surface area contributed by atoms with Crippen LogP contribution in [0.15, 0.2) is 47.4 Å². The summed E-state index contributed by atoms with van der Waals surface area (Å²) in [4.78, 5) is 14.5. The molecule has 2 aromatic rings. The third-order valence-electron chi connectivity index (χ3n) is 4.66. The highest BCUT2D eigenvalue weighted by atomic mass is 32.2. The number of amides is 1. The quantitative estimate of drug-likeness (QED) is 0.732. The van der Waals surface area contributed by atoms with Crippen molar-refractivity contribution in [2.45, 2.75) is 11.4 Å². The number of hydrogen-bond acceptors (Lipinski definition) is 6. The Kier molecular flexibility index (Phi) is 6.73. The number of morpholine rings is 1. The van der Waals surface area contributed by atoms with Crippen LogP contribution in [-0.2, 0) is 21.3 Å². The van der Waals surface area contributed by atoms with E-state index in [1.807, 2.05) is 6.07 Å². The highest BCUT2D eigenvalue weighted by Crippen LogP contribution is 2.25. The van der Waals surface area contributed by atoms with Gasteiger partial charge in [0.25, 0.3) is 5.91 Å². The molecule has 1 saturated heterocycles. The maximum absolute atomic E-state index is 12.9. The number of para-hydroxylation sites is 1. The van der Waals surface area contributed by atoms with Gasteiger partial charge in [-0.2, -0.15) is 0 Å². The van der Waals surface area contributed by atoms with Gasteiger partial charge in [0, 0.05) is 25.2 Å². The molecule has 0 bridgehead atoms. The molecule has 8 nitrogen and oxygen atoms in total. The van der Waals surface area contributed by atoms with E-state index in [0.29, 0.717) is 43.4 Å². The molecule has 3 rings (SSSR count). The summed E-state index contributed by atoms with van der Waals surface area (Å²) >= 11 is 0. The molecule has 0 unspecified atom stereocenters. The number of carbonyl (C=O) groups is 1. The lowest BCUT2D eigenvalue weighted by Crippen LogP contribution is -2.40. The summed E-state index contributed by atoms with van der Waals surface area (Å²) < 4.78 is 44.0. The van der Waals surface area contributed by atoms with E-state index in [4.69, 9.17) is 14.2 Å². The average molecular weight is 420 g/mol. The van der Waals surface area contributed by atoms with E-state index in [2.05, 4.69) is 4.72 Å². The number of nitrogens with one attached hydrogen (secondary N) is 1. The first-order chi connectivity index (χ1) is 14.0.